The Kier molecular flexibility index (Phi) is 3.98. The Bertz CT molecular complexity index is 728. The molecule has 0 spiro atoms. The molecule has 0 saturated carbocycles. The van der Waals surface area contributed by atoms with Crippen molar-refractivity contribution in [3.8, 4) is 11.5 Å². The molecule has 0 radical (unpaired) electrons. The van der Waals surface area contributed by atoms with E-state index < -0.39 is 17.6 Å². The Labute approximate surface area is 132 Å². The van der Waals surface area contributed by atoms with Crippen LogP contribution in [0.2, 0.25) is 0 Å². The molecule has 0 aromatic heterocycles. The van der Waals surface area contributed by atoms with Gasteiger partial charge in [-0.15, -0.1) is 0 Å². The molecule has 0 amide bonds. The van der Waals surface area contributed by atoms with Gasteiger partial charge in [-0.2, -0.15) is 0 Å². The number of benzene rings is 2. The summed E-state index contributed by atoms with van der Waals surface area (Å²) in [5.41, 5.74) is 0.462. The molecule has 1 aliphatic heterocycles. The van der Waals surface area contributed by atoms with E-state index in [2.05, 4.69) is 15.9 Å². The minimum absolute atomic E-state index is 0.0752. The lowest BCUT2D eigenvalue weighted by atomic mass is 10.2. The van der Waals surface area contributed by atoms with E-state index in [0.29, 0.717) is 27.6 Å². The zero-order chi connectivity index (χ0) is 15.7. The van der Waals surface area contributed by atoms with Crippen molar-refractivity contribution in [1.29, 1.82) is 0 Å². The second-order valence-corrected chi connectivity index (χ2v) is 5.39. The van der Waals surface area contributed by atoms with Gasteiger partial charge in [0.05, 0.1) is 5.56 Å². The predicted octanol–water partition coefficient (Wildman–Crippen LogP) is 3.81. The summed E-state index contributed by atoms with van der Waals surface area (Å²) >= 11 is 3.33. The zero-order valence-corrected chi connectivity index (χ0v) is 12.7. The Morgan fingerprint density at radius 1 is 1.09 bits per heavy atom. The van der Waals surface area contributed by atoms with Gasteiger partial charge in [-0.25, -0.2) is 13.6 Å². The van der Waals surface area contributed by atoms with Gasteiger partial charge in [-0.3, -0.25) is 0 Å². The summed E-state index contributed by atoms with van der Waals surface area (Å²) in [7, 11) is 0. The molecule has 0 N–H and O–H groups in total. The number of rotatable bonds is 3. The van der Waals surface area contributed by atoms with Crippen LogP contribution in [0.3, 0.4) is 0 Å². The van der Waals surface area contributed by atoms with Crippen molar-refractivity contribution in [3.63, 3.8) is 0 Å². The van der Waals surface area contributed by atoms with Crippen molar-refractivity contribution in [3.05, 3.63) is 57.6 Å². The van der Waals surface area contributed by atoms with E-state index in [1.165, 1.54) is 0 Å². The Hall–Kier alpha value is -2.15. The Balaban J connectivity index is 1.73. The van der Waals surface area contributed by atoms with E-state index >= 15 is 0 Å². The minimum Gasteiger partial charge on any atom is -0.457 e. The lowest BCUT2D eigenvalue weighted by Crippen LogP contribution is -2.06. The van der Waals surface area contributed by atoms with Crippen LogP contribution in [0.15, 0.2) is 34.8 Å². The average Bonchev–Trinajstić information content (AvgIpc) is 2.90. The second-order valence-electron chi connectivity index (χ2n) is 4.53. The largest absolute Gasteiger partial charge is 0.457 e. The molecule has 0 atom stereocenters. The van der Waals surface area contributed by atoms with Gasteiger partial charge in [0, 0.05) is 16.1 Å². The Morgan fingerprint density at radius 2 is 1.73 bits per heavy atom. The fraction of sp³-hybridized carbons (Fsp3) is 0.133. The maximum Gasteiger partial charge on any atom is 0.338 e. The number of halogens is 3. The van der Waals surface area contributed by atoms with Crippen LogP contribution in [0.1, 0.15) is 15.9 Å². The van der Waals surface area contributed by atoms with Gasteiger partial charge in [-0.05, 0) is 24.3 Å². The molecule has 0 fully saturated rings. The summed E-state index contributed by atoms with van der Waals surface area (Å²) in [5.74, 6) is -1.35. The van der Waals surface area contributed by atoms with Crippen molar-refractivity contribution < 1.29 is 27.8 Å². The van der Waals surface area contributed by atoms with Crippen LogP contribution in [0.5, 0.6) is 11.5 Å². The molecule has 22 heavy (non-hydrogen) atoms. The number of esters is 1. The van der Waals surface area contributed by atoms with Gasteiger partial charge < -0.3 is 14.2 Å². The molecule has 2 aromatic rings. The van der Waals surface area contributed by atoms with Gasteiger partial charge in [0.1, 0.15) is 18.2 Å². The third-order valence-electron chi connectivity index (χ3n) is 3.00. The topological polar surface area (TPSA) is 44.8 Å². The first-order valence-electron chi connectivity index (χ1n) is 6.24. The van der Waals surface area contributed by atoms with E-state index in [1.807, 2.05) is 0 Å². The number of hydrogen-bond acceptors (Lipinski definition) is 4. The van der Waals surface area contributed by atoms with Crippen molar-refractivity contribution >= 4 is 21.9 Å². The smallest absolute Gasteiger partial charge is 0.338 e. The van der Waals surface area contributed by atoms with Crippen molar-refractivity contribution in [2.24, 2.45) is 0 Å². The van der Waals surface area contributed by atoms with E-state index in [-0.39, 0.29) is 19.0 Å². The summed E-state index contributed by atoms with van der Waals surface area (Å²) in [4.78, 5) is 11.8. The molecule has 3 rings (SSSR count). The molecule has 7 heteroatoms. The van der Waals surface area contributed by atoms with Crippen LogP contribution in [0.25, 0.3) is 0 Å². The quantitative estimate of drug-likeness (QED) is 0.770. The summed E-state index contributed by atoms with van der Waals surface area (Å²) in [6.45, 7) is 0.0573. The molecular formula is C15H9BrF2O4. The molecule has 0 saturated heterocycles. The van der Waals surface area contributed by atoms with Crippen LogP contribution in [0, 0.1) is 11.6 Å². The highest BCUT2D eigenvalue weighted by Gasteiger charge is 2.18. The van der Waals surface area contributed by atoms with Crippen LogP contribution in [-0.2, 0) is 11.3 Å². The summed E-state index contributed by atoms with van der Waals surface area (Å²) in [5, 5.41) is 0. The number of hydrogen-bond donors (Lipinski definition) is 0. The average molecular weight is 371 g/mol. The predicted molar refractivity (Wildman–Crippen MR) is 75.7 cm³/mol. The maximum absolute atomic E-state index is 13.1. The molecule has 1 aliphatic rings. The molecule has 0 bridgehead atoms. The fourth-order valence-electron chi connectivity index (χ4n) is 1.97. The maximum atomic E-state index is 13.1. The SMILES string of the molecule is O=C(OCc1cc2c(cc1Br)OCO2)c1cc(F)cc(F)c1. The monoisotopic (exact) mass is 370 g/mol. The van der Waals surface area contributed by atoms with Crippen LogP contribution < -0.4 is 9.47 Å². The van der Waals surface area contributed by atoms with E-state index in [9.17, 15) is 13.6 Å². The normalized spacial score (nSPS) is 12.3. The van der Waals surface area contributed by atoms with Gasteiger partial charge in [-0.1, -0.05) is 15.9 Å². The lowest BCUT2D eigenvalue weighted by Gasteiger charge is -2.08. The molecule has 4 nitrogen and oxygen atoms in total. The van der Waals surface area contributed by atoms with Crippen molar-refractivity contribution in [1.82, 2.24) is 0 Å². The molecule has 1 heterocycles. The van der Waals surface area contributed by atoms with Gasteiger partial charge >= 0.3 is 5.97 Å². The van der Waals surface area contributed by atoms with Gasteiger partial charge in [0.25, 0.3) is 0 Å². The third-order valence-corrected chi connectivity index (χ3v) is 3.74. The highest BCUT2D eigenvalue weighted by atomic mass is 79.9. The first kappa shape index (κ1) is 14.8. The molecular weight excluding hydrogens is 362 g/mol. The summed E-state index contributed by atoms with van der Waals surface area (Å²) in [6.07, 6.45) is 0. The van der Waals surface area contributed by atoms with E-state index in [0.717, 1.165) is 12.1 Å². The van der Waals surface area contributed by atoms with Gasteiger partial charge in [0.2, 0.25) is 6.79 Å². The van der Waals surface area contributed by atoms with E-state index in [1.54, 1.807) is 12.1 Å². The third kappa shape index (κ3) is 3.04. The highest BCUT2D eigenvalue weighted by Crippen LogP contribution is 2.37. The van der Waals surface area contributed by atoms with Crippen molar-refractivity contribution in [2.75, 3.05) is 6.79 Å². The number of fused-ring (bicyclic) bond motifs is 1. The molecule has 0 unspecified atom stereocenters. The minimum atomic E-state index is -0.837. The fourth-order valence-corrected chi connectivity index (χ4v) is 2.41. The zero-order valence-electron chi connectivity index (χ0n) is 11.1. The van der Waals surface area contributed by atoms with Crippen LogP contribution in [-0.4, -0.2) is 12.8 Å². The summed E-state index contributed by atoms with van der Waals surface area (Å²) < 4.78 is 42.3. The van der Waals surface area contributed by atoms with Crippen LogP contribution in [0.4, 0.5) is 8.78 Å². The first-order valence-corrected chi connectivity index (χ1v) is 7.03. The lowest BCUT2D eigenvalue weighted by molar-refractivity contribution is 0.0470. The standard InChI is InChI=1S/C15H9BrF2O4/c16-12-5-14-13(21-7-22-14)3-9(12)6-20-15(19)8-1-10(17)4-11(18)2-8/h1-5H,6-7H2. The first-order chi connectivity index (χ1) is 10.5. The Morgan fingerprint density at radius 3 is 2.41 bits per heavy atom. The number of ether oxygens (including phenoxy) is 3. The summed E-state index contributed by atoms with van der Waals surface area (Å²) in [6, 6.07) is 5.89. The van der Waals surface area contributed by atoms with Gasteiger partial charge in [0.15, 0.2) is 11.5 Å². The van der Waals surface area contributed by atoms with E-state index in [4.69, 9.17) is 14.2 Å². The molecule has 0 aliphatic carbocycles. The van der Waals surface area contributed by atoms with Crippen molar-refractivity contribution in [2.45, 2.75) is 6.61 Å². The highest BCUT2D eigenvalue weighted by molar-refractivity contribution is 9.10. The second kappa shape index (κ2) is 5.92. The number of carbonyl (C=O) groups is 1. The molecule has 2 aromatic carbocycles. The van der Waals surface area contributed by atoms with Crippen LogP contribution >= 0.6 is 15.9 Å². The molecule has 114 valence electrons. The number of carbonyl (C=O) groups excluding carboxylic acids is 1.